The third-order valence-electron chi connectivity index (χ3n) is 4.12. The van der Waals surface area contributed by atoms with Crippen LogP contribution in [0.5, 0.6) is 5.75 Å². The van der Waals surface area contributed by atoms with Crippen LogP contribution in [0, 0.1) is 12.7 Å². The highest BCUT2D eigenvalue weighted by atomic mass is 19.1. The van der Waals surface area contributed by atoms with Crippen LogP contribution in [0.15, 0.2) is 40.3 Å². The van der Waals surface area contributed by atoms with Crippen molar-refractivity contribution in [3.05, 3.63) is 58.8 Å². The number of ether oxygens (including phenoxy) is 1. The van der Waals surface area contributed by atoms with Gasteiger partial charge in [0.25, 0.3) is 11.7 Å². The smallest absolute Gasteiger partial charge is 0.295 e. The van der Waals surface area contributed by atoms with Gasteiger partial charge in [0, 0.05) is 7.05 Å². The number of Topliss-reactive ketones (excluding diaryl/α,β-unsaturated/α-hetero) is 1. The number of carbonyl (C=O) groups excluding carboxylic acids is 2. The third-order valence-corrected chi connectivity index (χ3v) is 4.12. The minimum absolute atomic E-state index is 0.0118. The molecule has 0 saturated carbocycles. The number of hydrogen-bond acceptors (Lipinski definition) is 5. The van der Waals surface area contributed by atoms with Gasteiger partial charge in [0.05, 0.1) is 18.2 Å². The van der Waals surface area contributed by atoms with Crippen LogP contribution in [0.25, 0.3) is 5.76 Å². The number of ketones is 1. The quantitative estimate of drug-likeness (QED) is 0.526. The normalized spacial score (nSPS) is 19.5. The molecule has 2 aromatic rings. The van der Waals surface area contributed by atoms with Crippen LogP contribution in [-0.2, 0) is 9.59 Å². The molecule has 0 aliphatic carbocycles. The average molecular weight is 345 g/mol. The Morgan fingerprint density at radius 1 is 1.28 bits per heavy atom. The Morgan fingerprint density at radius 2 is 2.00 bits per heavy atom. The van der Waals surface area contributed by atoms with Crippen molar-refractivity contribution in [1.29, 1.82) is 0 Å². The number of rotatable bonds is 3. The lowest BCUT2D eigenvalue weighted by atomic mass is 9.99. The fraction of sp³-hybridized carbons (Fsp3) is 0.222. The van der Waals surface area contributed by atoms with Gasteiger partial charge in [0.1, 0.15) is 34.9 Å². The summed E-state index contributed by atoms with van der Waals surface area (Å²) in [4.78, 5) is 25.7. The molecule has 1 aliphatic rings. The van der Waals surface area contributed by atoms with Crippen molar-refractivity contribution in [2.75, 3.05) is 14.2 Å². The van der Waals surface area contributed by atoms with E-state index in [9.17, 15) is 19.1 Å². The maximum Gasteiger partial charge on any atom is 0.295 e. The first-order chi connectivity index (χ1) is 11.8. The van der Waals surface area contributed by atoms with E-state index < -0.39 is 29.3 Å². The van der Waals surface area contributed by atoms with Gasteiger partial charge in [0.15, 0.2) is 0 Å². The van der Waals surface area contributed by atoms with Crippen LogP contribution in [0.2, 0.25) is 0 Å². The van der Waals surface area contributed by atoms with Crippen LogP contribution >= 0.6 is 0 Å². The van der Waals surface area contributed by atoms with Crippen molar-refractivity contribution in [3.63, 3.8) is 0 Å². The fourth-order valence-electron chi connectivity index (χ4n) is 2.89. The van der Waals surface area contributed by atoms with Gasteiger partial charge in [-0.15, -0.1) is 0 Å². The minimum atomic E-state index is -0.901. The summed E-state index contributed by atoms with van der Waals surface area (Å²) in [6.07, 6.45) is 0. The Hall–Kier alpha value is -3.09. The number of aliphatic hydroxyl groups excluding tert-OH is 1. The minimum Gasteiger partial charge on any atom is -0.507 e. The van der Waals surface area contributed by atoms with Gasteiger partial charge in [-0.05, 0) is 37.3 Å². The van der Waals surface area contributed by atoms with E-state index in [2.05, 4.69) is 0 Å². The first-order valence-electron chi connectivity index (χ1n) is 7.50. The maximum atomic E-state index is 13.6. The summed E-state index contributed by atoms with van der Waals surface area (Å²) in [6, 6.07) is 5.95. The first-order valence-corrected chi connectivity index (χ1v) is 7.50. The monoisotopic (exact) mass is 345 g/mol. The summed E-state index contributed by atoms with van der Waals surface area (Å²) in [5.74, 6) is -1.68. The van der Waals surface area contributed by atoms with Crippen LogP contribution in [-0.4, -0.2) is 35.9 Å². The number of halogens is 1. The molecular formula is C18H16FNO5. The number of methoxy groups -OCH3 is 1. The molecule has 0 bridgehead atoms. The standard InChI is InChI=1S/C18H16FNO5/c1-9-4-6-13(25-9)15-14(17(22)18(23)20(15)2)16(21)11-8-10(19)5-7-12(11)24-3/h4-8,15,21H,1-3H3/b16-14+. The SMILES string of the molecule is COc1ccc(F)cc1/C(O)=C1\C(=O)C(=O)N(C)C1c1ccc(C)o1. The number of hydrogen-bond donors (Lipinski definition) is 1. The predicted molar refractivity (Wildman–Crippen MR) is 86.5 cm³/mol. The summed E-state index contributed by atoms with van der Waals surface area (Å²) >= 11 is 0. The molecular weight excluding hydrogens is 329 g/mol. The summed E-state index contributed by atoms with van der Waals surface area (Å²) < 4.78 is 24.3. The van der Waals surface area contributed by atoms with E-state index in [-0.39, 0.29) is 16.9 Å². The Kier molecular flexibility index (Phi) is 4.08. The molecule has 1 N–H and O–H groups in total. The lowest BCUT2D eigenvalue weighted by Crippen LogP contribution is -2.24. The first kappa shape index (κ1) is 16.8. The summed E-state index contributed by atoms with van der Waals surface area (Å²) in [5.41, 5.74) is -0.187. The van der Waals surface area contributed by atoms with Gasteiger partial charge in [0.2, 0.25) is 0 Å². The molecule has 1 fully saturated rings. The molecule has 6 nitrogen and oxygen atoms in total. The van der Waals surface area contributed by atoms with Crippen LogP contribution in [0.3, 0.4) is 0 Å². The fourth-order valence-corrected chi connectivity index (χ4v) is 2.89. The second-order valence-corrected chi connectivity index (χ2v) is 5.70. The number of nitrogens with zero attached hydrogens (tertiary/aromatic N) is 1. The zero-order valence-electron chi connectivity index (χ0n) is 13.9. The molecule has 7 heteroatoms. The molecule has 3 rings (SSSR count). The highest BCUT2D eigenvalue weighted by Gasteiger charge is 2.46. The number of carbonyl (C=O) groups is 2. The summed E-state index contributed by atoms with van der Waals surface area (Å²) in [7, 11) is 2.79. The highest BCUT2D eigenvalue weighted by molar-refractivity contribution is 6.46. The van der Waals surface area contributed by atoms with Crippen molar-refractivity contribution in [2.45, 2.75) is 13.0 Å². The Morgan fingerprint density at radius 3 is 2.60 bits per heavy atom. The molecule has 0 spiro atoms. The number of likely N-dealkylation sites (N-methyl/N-ethyl adjacent to an activating group) is 1. The lowest BCUT2D eigenvalue weighted by molar-refractivity contribution is -0.139. The van der Waals surface area contributed by atoms with Crippen molar-refractivity contribution < 1.29 is 28.2 Å². The van der Waals surface area contributed by atoms with Gasteiger partial charge in [-0.1, -0.05) is 0 Å². The molecule has 1 aromatic heterocycles. The van der Waals surface area contributed by atoms with Gasteiger partial charge in [-0.25, -0.2) is 4.39 Å². The number of amides is 1. The summed E-state index contributed by atoms with van der Waals surface area (Å²) in [6.45, 7) is 1.72. The zero-order chi connectivity index (χ0) is 18.3. The lowest BCUT2D eigenvalue weighted by Gasteiger charge is -2.18. The molecule has 1 saturated heterocycles. The van der Waals surface area contributed by atoms with E-state index in [1.54, 1.807) is 19.1 Å². The second kappa shape index (κ2) is 6.08. The van der Waals surface area contributed by atoms with E-state index in [1.165, 1.54) is 31.2 Å². The number of benzene rings is 1. The van der Waals surface area contributed by atoms with E-state index in [1.807, 2.05) is 0 Å². The van der Waals surface area contributed by atoms with Crippen molar-refractivity contribution in [2.24, 2.45) is 0 Å². The molecule has 1 atom stereocenters. The highest BCUT2D eigenvalue weighted by Crippen LogP contribution is 2.40. The molecule has 130 valence electrons. The van der Waals surface area contributed by atoms with Crippen LogP contribution in [0.1, 0.15) is 23.1 Å². The number of aryl methyl sites for hydroxylation is 1. The zero-order valence-corrected chi connectivity index (χ0v) is 13.9. The van der Waals surface area contributed by atoms with Crippen molar-refractivity contribution >= 4 is 17.4 Å². The number of furan rings is 1. The average Bonchev–Trinajstić information content (AvgIpc) is 3.11. The van der Waals surface area contributed by atoms with Gasteiger partial charge in [-0.3, -0.25) is 9.59 Å². The molecule has 1 amide bonds. The predicted octanol–water partition coefficient (Wildman–Crippen LogP) is 2.79. The van der Waals surface area contributed by atoms with E-state index >= 15 is 0 Å². The second-order valence-electron chi connectivity index (χ2n) is 5.70. The Labute approximate surface area is 143 Å². The molecule has 2 heterocycles. The number of aliphatic hydroxyl groups is 1. The topological polar surface area (TPSA) is 80.0 Å². The van der Waals surface area contributed by atoms with Crippen LogP contribution in [0.4, 0.5) is 4.39 Å². The Balaban J connectivity index is 2.23. The Bertz CT molecular complexity index is 899. The third kappa shape index (κ3) is 2.67. The van der Waals surface area contributed by atoms with Gasteiger partial charge >= 0.3 is 0 Å². The van der Waals surface area contributed by atoms with Crippen molar-refractivity contribution in [1.82, 2.24) is 4.90 Å². The summed E-state index contributed by atoms with van der Waals surface area (Å²) in [5, 5.41) is 10.7. The molecule has 1 unspecified atom stereocenters. The van der Waals surface area contributed by atoms with Gasteiger partial charge in [-0.2, -0.15) is 0 Å². The number of likely N-dealkylation sites (tertiary alicyclic amines) is 1. The van der Waals surface area contributed by atoms with E-state index in [0.717, 1.165) is 6.07 Å². The van der Waals surface area contributed by atoms with E-state index in [4.69, 9.17) is 9.15 Å². The largest absolute Gasteiger partial charge is 0.507 e. The van der Waals surface area contributed by atoms with Crippen molar-refractivity contribution in [3.8, 4) is 5.75 Å². The molecule has 0 radical (unpaired) electrons. The maximum absolute atomic E-state index is 13.6. The molecule has 1 aliphatic heterocycles. The van der Waals surface area contributed by atoms with Crippen LogP contribution < -0.4 is 4.74 Å². The molecule has 25 heavy (non-hydrogen) atoms. The van der Waals surface area contributed by atoms with E-state index in [0.29, 0.717) is 11.5 Å². The van der Waals surface area contributed by atoms with Gasteiger partial charge < -0.3 is 19.2 Å². The molecule has 1 aromatic carbocycles.